The van der Waals surface area contributed by atoms with E-state index in [0.29, 0.717) is 42.1 Å². The first kappa shape index (κ1) is 29.0. The molecule has 0 bridgehead atoms. The molecule has 40 heavy (non-hydrogen) atoms. The van der Waals surface area contributed by atoms with Crippen molar-refractivity contribution in [2.24, 2.45) is 0 Å². The number of anilines is 1. The maximum atomic E-state index is 13.3. The standard InChI is InChI=1S/C32H30BrN3O3S/c1-36(28-15-9-8-14-26(28)30(37)34-20-18-23-10-4-2-5-11-23)32(40)35-31(38)27-22-25(33)16-17-29(27)39-21-19-24-12-6-3-7-13-24/h2-17,22H,18-21H2,1H3,(H,34,37)(H,35,38,40). The van der Waals surface area contributed by atoms with E-state index in [1.165, 1.54) is 0 Å². The van der Waals surface area contributed by atoms with Crippen molar-refractivity contribution in [2.75, 3.05) is 25.1 Å². The summed E-state index contributed by atoms with van der Waals surface area (Å²) >= 11 is 9.01. The van der Waals surface area contributed by atoms with E-state index < -0.39 is 5.91 Å². The minimum Gasteiger partial charge on any atom is -0.492 e. The highest BCUT2D eigenvalue weighted by atomic mass is 79.9. The Bertz CT molecular complexity index is 1460. The molecule has 204 valence electrons. The smallest absolute Gasteiger partial charge is 0.261 e. The van der Waals surface area contributed by atoms with E-state index in [1.54, 1.807) is 42.3 Å². The fourth-order valence-electron chi connectivity index (χ4n) is 4.11. The largest absolute Gasteiger partial charge is 0.492 e. The number of benzene rings is 4. The summed E-state index contributed by atoms with van der Waals surface area (Å²) in [5, 5.41) is 5.92. The van der Waals surface area contributed by atoms with E-state index in [0.717, 1.165) is 22.0 Å². The molecule has 4 aromatic rings. The van der Waals surface area contributed by atoms with Gasteiger partial charge in [-0.25, -0.2) is 0 Å². The lowest BCUT2D eigenvalue weighted by Gasteiger charge is -2.23. The normalized spacial score (nSPS) is 10.4. The van der Waals surface area contributed by atoms with Gasteiger partial charge in [0.05, 0.1) is 23.4 Å². The number of para-hydroxylation sites is 1. The second-order valence-corrected chi connectivity index (χ2v) is 10.4. The van der Waals surface area contributed by atoms with Crippen LogP contribution in [0.2, 0.25) is 0 Å². The zero-order chi connectivity index (χ0) is 28.3. The first-order valence-corrected chi connectivity index (χ1v) is 14.1. The zero-order valence-electron chi connectivity index (χ0n) is 22.1. The van der Waals surface area contributed by atoms with Crippen LogP contribution >= 0.6 is 28.1 Å². The van der Waals surface area contributed by atoms with Crippen LogP contribution in [0, 0.1) is 0 Å². The summed E-state index contributed by atoms with van der Waals surface area (Å²) in [5.41, 5.74) is 3.69. The van der Waals surface area contributed by atoms with Gasteiger partial charge in [0.1, 0.15) is 5.75 Å². The lowest BCUT2D eigenvalue weighted by molar-refractivity contribution is 0.0952. The molecule has 0 heterocycles. The number of amides is 2. The summed E-state index contributed by atoms with van der Waals surface area (Å²) in [6.07, 6.45) is 1.44. The highest BCUT2D eigenvalue weighted by molar-refractivity contribution is 9.10. The van der Waals surface area contributed by atoms with Crippen molar-refractivity contribution in [3.63, 3.8) is 0 Å². The summed E-state index contributed by atoms with van der Waals surface area (Å²) < 4.78 is 6.71. The molecule has 0 saturated heterocycles. The number of nitrogens with zero attached hydrogens (tertiary/aromatic N) is 1. The van der Waals surface area contributed by atoms with E-state index in [2.05, 4.69) is 26.6 Å². The maximum Gasteiger partial charge on any atom is 0.261 e. The van der Waals surface area contributed by atoms with Gasteiger partial charge in [-0.15, -0.1) is 0 Å². The van der Waals surface area contributed by atoms with E-state index in [-0.39, 0.29) is 11.0 Å². The van der Waals surface area contributed by atoms with Gasteiger partial charge in [0.2, 0.25) is 0 Å². The molecule has 2 amide bonds. The van der Waals surface area contributed by atoms with Crippen LogP contribution in [-0.4, -0.2) is 37.1 Å². The van der Waals surface area contributed by atoms with E-state index in [9.17, 15) is 9.59 Å². The molecule has 0 radical (unpaired) electrons. The van der Waals surface area contributed by atoms with Gasteiger partial charge in [0, 0.05) is 24.5 Å². The minimum atomic E-state index is -0.405. The highest BCUT2D eigenvalue weighted by Gasteiger charge is 2.20. The van der Waals surface area contributed by atoms with Gasteiger partial charge in [-0.2, -0.15) is 0 Å². The van der Waals surface area contributed by atoms with Crippen LogP contribution in [0.5, 0.6) is 5.75 Å². The minimum absolute atomic E-state index is 0.157. The number of rotatable bonds is 10. The molecule has 0 fully saturated rings. The van der Waals surface area contributed by atoms with E-state index in [1.807, 2.05) is 72.8 Å². The molecule has 0 aliphatic rings. The Morgan fingerprint density at radius 1 is 0.800 bits per heavy atom. The van der Waals surface area contributed by atoms with E-state index in [4.69, 9.17) is 17.0 Å². The lowest BCUT2D eigenvalue weighted by Crippen LogP contribution is -2.41. The van der Waals surface area contributed by atoms with Crippen LogP contribution in [0.4, 0.5) is 5.69 Å². The monoisotopic (exact) mass is 615 g/mol. The summed E-state index contributed by atoms with van der Waals surface area (Å²) in [5.74, 6) is -0.161. The predicted molar refractivity (Wildman–Crippen MR) is 167 cm³/mol. The quantitative estimate of drug-likeness (QED) is 0.208. The molecule has 8 heteroatoms. The molecule has 0 spiro atoms. The van der Waals surface area contributed by atoms with Crippen LogP contribution < -0.4 is 20.3 Å². The number of thiocarbonyl (C=S) groups is 1. The van der Waals surface area contributed by atoms with E-state index >= 15 is 0 Å². The van der Waals surface area contributed by atoms with Gasteiger partial charge >= 0.3 is 0 Å². The molecule has 0 unspecified atom stereocenters. The van der Waals surface area contributed by atoms with Crippen molar-refractivity contribution < 1.29 is 14.3 Å². The number of hydrogen-bond acceptors (Lipinski definition) is 4. The Morgan fingerprint density at radius 3 is 2.12 bits per heavy atom. The van der Waals surface area contributed by atoms with Crippen molar-refractivity contribution >= 4 is 50.8 Å². The molecule has 0 aliphatic carbocycles. The molecule has 0 saturated carbocycles. The summed E-state index contributed by atoms with van der Waals surface area (Å²) in [6, 6.07) is 32.4. The molecule has 0 aromatic heterocycles. The first-order valence-electron chi connectivity index (χ1n) is 12.9. The fraction of sp³-hybridized carbons (Fsp3) is 0.156. The average Bonchev–Trinajstić information content (AvgIpc) is 2.98. The Labute approximate surface area is 248 Å². The molecule has 0 atom stereocenters. The SMILES string of the molecule is CN(C(=S)NC(=O)c1cc(Br)ccc1OCCc1ccccc1)c1ccccc1C(=O)NCCc1ccccc1. The maximum absolute atomic E-state index is 13.3. The third-order valence-corrected chi connectivity index (χ3v) is 7.12. The average molecular weight is 617 g/mol. The number of carbonyl (C=O) groups is 2. The third-order valence-electron chi connectivity index (χ3n) is 6.25. The second kappa shape index (κ2) is 14.4. The van der Waals surface area contributed by atoms with Gasteiger partial charge in [0.15, 0.2) is 5.11 Å². The third kappa shape index (κ3) is 8.00. The highest BCUT2D eigenvalue weighted by Crippen LogP contribution is 2.24. The molecule has 0 aliphatic heterocycles. The fourth-order valence-corrected chi connectivity index (χ4v) is 4.66. The van der Waals surface area contributed by atoms with Crippen LogP contribution in [0.3, 0.4) is 0 Å². The Morgan fingerprint density at radius 2 is 1.43 bits per heavy atom. The topological polar surface area (TPSA) is 70.7 Å². The Balaban J connectivity index is 1.40. The summed E-state index contributed by atoms with van der Waals surface area (Å²) in [4.78, 5) is 27.9. The number of nitrogens with one attached hydrogen (secondary N) is 2. The predicted octanol–water partition coefficient (Wildman–Crippen LogP) is 6.19. The van der Waals surface area contributed by atoms with Crippen molar-refractivity contribution in [3.05, 3.63) is 130 Å². The number of hydrogen-bond donors (Lipinski definition) is 2. The van der Waals surface area contributed by atoms with Gasteiger partial charge in [-0.1, -0.05) is 88.7 Å². The Hall–Kier alpha value is -4.01. The van der Waals surface area contributed by atoms with Crippen molar-refractivity contribution in [1.82, 2.24) is 10.6 Å². The van der Waals surface area contributed by atoms with Gasteiger partial charge in [0.25, 0.3) is 11.8 Å². The number of ether oxygens (including phenoxy) is 1. The van der Waals surface area contributed by atoms with Crippen molar-refractivity contribution in [3.8, 4) is 5.75 Å². The number of carbonyl (C=O) groups excluding carboxylic acids is 2. The van der Waals surface area contributed by atoms with Crippen LogP contribution in [0.25, 0.3) is 0 Å². The first-order chi connectivity index (χ1) is 19.4. The van der Waals surface area contributed by atoms with Gasteiger partial charge < -0.3 is 15.0 Å². The lowest BCUT2D eigenvalue weighted by atomic mass is 10.1. The summed E-state index contributed by atoms with van der Waals surface area (Å²) in [6.45, 7) is 0.918. The van der Waals surface area contributed by atoms with Crippen LogP contribution in [0.15, 0.2) is 108 Å². The summed E-state index contributed by atoms with van der Waals surface area (Å²) in [7, 11) is 1.72. The molecule has 4 rings (SSSR count). The van der Waals surface area contributed by atoms with Crippen molar-refractivity contribution in [2.45, 2.75) is 12.8 Å². The molecular weight excluding hydrogens is 586 g/mol. The second-order valence-electron chi connectivity index (χ2n) is 9.05. The Kier molecular flexibility index (Phi) is 10.4. The number of halogens is 1. The molecule has 6 nitrogen and oxygen atoms in total. The molecule has 4 aromatic carbocycles. The van der Waals surface area contributed by atoms with Gasteiger partial charge in [-0.3, -0.25) is 14.9 Å². The zero-order valence-corrected chi connectivity index (χ0v) is 24.5. The molecule has 2 N–H and O–H groups in total. The van der Waals surface area contributed by atoms with Crippen LogP contribution in [0.1, 0.15) is 31.8 Å². The molecular formula is C32H30BrN3O3S. The van der Waals surface area contributed by atoms with Crippen LogP contribution in [-0.2, 0) is 12.8 Å². The van der Waals surface area contributed by atoms with Crippen molar-refractivity contribution in [1.29, 1.82) is 0 Å². The van der Waals surface area contributed by atoms with Gasteiger partial charge in [-0.05, 0) is 60.1 Å².